The predicted octanol–water partition coefficient (Wildman–Crippen LogP) is 2.46. The summed E-state index contributed by atoms with van der Waals surface area (Å²) in [6.45, 7) is 6.96. The molecule has 1 aliphatic heterocycles. The van der Waals surface area contributed by atoms with Crippen molar-refractivity contribution < 1.29 is 0 Å². The van der Waals surface area contributed by atoms with E-state index in [0.29, 0.717) is 4.99 Å². The number of rotatable bonds is 5. The van der Waals surface area contributed by atoms with Crippen LogP contribution in [0.2, 0.25) is 0 Å². The Hall–Kier alpha value is -1.13. The van der Waals surface area contributed by atoms with Gasteiger partial charge in [-0.2, -0.15) is 0 Å². The number of nitrogens with zero attached hydrogens (tertiary/aromatic N) is 1. The highest BCUT2D eigenvalue weighted by Crippen LogP contribution is 2.18. The Morgan fingerprint density at radius 2 is 1.95 bits per heavy atom. The molecular formula is C15H23N3S. The summed E-state index contributed by atoms with van der Waals surface area (Å²) in [5.41, 5.74) is 7.67. The maximum Gasteiger partial charge on any atom is 0.103 e. The minimum absolute atomic E-state index is 0.457. The van der Waals surface area contributed by atoms with Crippen LogP contribution < -0.4 is 11.1 Å². The summed E-state index contributed by atoms with van der Waals surface area (Å²) in [6, 6.07) is 8.06. The van der Waals surface area contributed by atoms with Crippen LogP contribution in [0.15, 0.2) is 24.3 Å². The van der Waals surface area contributed by atoms with Gasteiger partial charge in [-0.1, -0.05) is 19.1 Å². The standard InChI is InChI=1S/C15H23N3S/c1-2-18-9-7-12(8-10-18)11-17-14-5-3-13(4-6-14)15(16)19/h3-6,12,17H,2,7-11H2,1H3,(H2,16,19). The van der Waals surface area contributed by atoms with E-state index in [1.165, 1.54) is 32.5 Å². The molecule has 2 rings (SSSR count). The minimum Gasteiger partial charge on any atom is -0.389 e. The van der Waals surface area contributed by atoms with E-state index in [0.717, 1.165) is 23.7 Å². The monoisotopic (exact) mass is 277 g/mol. The van der Waals surface area contributed by atoms with Gasteiger partial charge in [0.1, 0.15) is 4.99 Å². The summed E-state index contributed by atoms with van der Waals surface area (Å²) in [4.78, 5) is 2.98. The highest BCUT2D eigenvalue weighted by Gasteiger charge is 2.17. The molecule has 1 aromatic rings. The highest BCUT2D eigenvalue weighted by atomic mass is 32.1. The molecule has 0 spiro atoms. The molecule has 1 saturated heterocycles. The van der Waals surface area contributed by atoms with E-state index < -0.39 is 0 Å². The molecule has 0 saturated carbocycles. The molecule has 0 aromatic heterocycles. The van der Waals surface area contributed by atoms with Gasteiger partial charge in [-0.15, -0.1) is 0 Å². The molecule has 1 aromatic carbocycles. The fourth-order valence-electron chi connectivity index (χ4n) is 2.52. The zero-order valence-corrected chi connectivity index (χ0v) is 12.4. The van der Waals surface area contributed by atoms with E-state index in [2.05, 4.69) is 29.3 Å². The first-order valence-corrected chi connectivity index (χ1v) is 7.46. The van der Waals surface area contributed by atoms with Crippen LogP contribution in [0.25, 0.3) is 0 Å². The van der Waals surface area contributed by atoms with E-state index in [4.69, 9.17) is 18.0 Å². The Labute approximate surface area is 121 Å². The summed E-state index contributed by atoms with van der Waals surface area (Å²) < 4.78 is 0. The second-order valence-electron chi connectivity index (χ2n) is 5.20. The number of anilines is 1. The van der Waals surface area contributed by atoms with Crippen LogP contribution in [0, 0.1) is 5.92 Å². The lowest BCUT2D eigenvalue weighted by molar-refractivity contribution is 0.198. The lowest BCUT2D eigenvalue weighted by atomic mass is 9.97. The average Bonchev–Trinajstić information content (AvgIpc) is 2.46. The van der Waals surface area contributed by atoms with Gasteiger partial charge in [-0.25, -0.2) is 0 Å². The Morgan fingerprint density at radius 3 is 2.47 bits per heavy atom. The summed E-state index contributed by atoms with van der Waals surface area (Å²) in [6.07, 6.45) is 2.59. The summed E-state index contributed by atoms with van der Waals surface area (Å²) in [5.74, 6) is 0.790. The first kappa shape index (κ1) is 14.3. The minimum atomic E-state index is 0.457. The Balaban J connectivity index is 1.78. The molecule has 3 nitrogen and oxygen atoms in total. The van der Waals surface area contributed by atoms with Gasteiger partial charge >= 0.3 is 0 Å². The molecule has 1 fully saturated rings. The van der Waals surface area contributed by atoms with Crippen LogP contribution in [0.4, 0.5) is 5.69 Å². The van der Waals surface area contributed by atoms with Crippen molar-refractivity contribution in [2.75, 3.05) is 31.5 Å². The molecule has 0 aliphatic carbocycles. The number of thiocarbonyl (C=S) groups is 1. The molecule has 0 amide bonds. The number of piperidine rings is 1. The van der Waals surface area contributed by atoms with Crippen LogP contribution >= 0.6 is 12.2 Å². The van der Waals surface area contributed by atoms with Crippen LogP contribution in [0.5, 0.6) is 0 Å². The largest absolute Gasteiger partial charge is 0.389 e. The fourth-order valence-corrected chi connectivity index (χ4v) is 2.66. The number of nitrogens with one attached hydrogen (secondary N) is 1. The first-order chi connectivity index (χ1) is 9.19. The maximum atomic E-state index is 5.59. The summed E-state index contributed by atoms with van der Waals surface area (Å²) >= 11 is 4.95. The molecule has 4 heteroatoms. The van der Waals surface area contributed by atoms with Crippen LogP contribution in [-0.4, -0.2) is 36.1 Å². The number of likely N-dealkylation sites (tertiary alicyclic amines) is 1. The topological polar surface area (TPSA) is 41.3 Å². The molecule has 1 aliphatic rings. The van der Waals surface area contributed by atoms with Gasteiger partial charge in [0, 0.05) is 17.8 Å². The van der Waals surface area contributed by atoms with Gasteiger partial charge in [0.2, 0.25) is 0 Å². The van der Waals surface area contributed by atoms with Gasteiger partial charge in [0.15, 0.2) is 0 Å². The Bertz CT molecular complexity index is 408. The lowest BCUT2D eigenvalue weighted by Gasteiger charge is -2.31. The number of nitrogens with two attached hydrogens (primary N) is 1. The maximum absolute atomic E-state index is 5.59. The molecule has 19 heavy (non-hydrogen) atoms. The molecular weight excluding hydrogens is 254 g/mol. The van der Waals surface area contributed by atoms with E-state index in [1.54, 1.807) is 0 Å². The predicted molar refractivity (Wildman–Crippen MR) is 85.7 cm³/mol. The smallest absolute Gasteiger partial charge is 0.103 e. The highest BCUT2D eigenvalue weighted by molar-refractivity contribution is 7.80. The van der Waals surface area contributed by atoms with Crippen molar-refractivity contribution >= 4 is 22.9 Å². The third-order valence-electron chi connectivity index (χ3n) is 3.92. The van der Waals surface area contributed by atoms with E-state index in [1.807, 2.05) is 12.1 Å². The van der Waals surface area contributed by atoms with E-state index >= 15 is 0 Å². The zero-order valence-electron chi connectivity index (χ0n) is 11.6. The molecule has 0 unspecified atom stereocenters. The Kier molecular flexibility index (Phi) is 5.16. The Morgan fingerprint density at radius 1 is 1.32 bits per heavy atom. The SMILES string of the molecule is CCN1CCC(CNc2ccc(C(N)=S)cc2)CC1. The molecule has 0 radical (unpaired) electrons. The molecule has 104 valence electrons. The van der Waals surface area contributed by atoms with E-state index in [-0.39, 0.29) is 0 Å². The summed E-state index contributed by atoms with van der Waals surface area (Å²) in [5, 5.41) is 3.51. The lowest BCUT2D eigenvalue weighted by Crippen LogP contribution is -2.35. The van der Waals surface area contributed by atoms with Crippen molar-refractivity contribution in [2.45, 2.75) is 19.8 Å². The second-order valence-corrected chi connectivity index (χ2v) is 5.64. The third kappa shape index (κ3) is 4.18. The van der Waals surface area contributed by atoms with Gasteiger partial charge in [-0.05, 0) is 62.7 Å². The van der Waals surface area contributed by atoms with Crippen molar-refractivity contribution in [2.24, 2.45) is 11.7 Å². The fraction of sp³-hybridized carbons (Fsp3) is 0.533. The average molecular weight is 277 g/mol. The zero-order chi connectivity index (χ0) is 13.7. The van der Waals surface area contributed by atoms with Crippen molar-refractivity contribution in [3.8, 4) is 0 Å². The number of hydrogen-bond donors (Lipinski definition) is 2. The second kappa shape index (κ2) is 6.87. The van der Waals surface area contributed by atoms with Crippen molar-refractivity contribution in [3.63, 3.8) is 0 Å². The van der Waals surface area contributed by atoms with Crippen LogP contribution in [0.1, 0.15) is 25.3 Å². The normalized spacial score (nSPS) is 17.3. The van der Waals surface area contributed by atoms with Crippen LogP contribution in [0.3, 0.4) is 0 Å². The van der Waals surface area contributed by atoms with Gasteiger partial charge in [0.25, 0.3) is 0 Å². The molecule has 1 heterocycles. The number of benzene rings is 1. The summed E-state index contributed by atoms with van der Waals surface area (Å²) in [7, 11) is 0. The van der Waals surface area contributed by atoms with Crippen molar-refractivity contribution in [1.29, 1.82) is 0 Å². The number of hydrogen-bond acceptors (Lipinski definition) is 3. The van der Waals surface area contributed by atoms with Gasteiger partial charge in [0.05, 0.1) is 0 Å². The molecule has 0 atom stereocenters. The van der Waals surface area contributed by atoms with E-state index in [9.17, 15) is 0 Å². The van der Waals surface area contributed by atoms with Crippen molar-refractivity contribution in [1.82, 2.24) is 4.90 Å². The molecule has 3 N–H and O–H groups in total. The van der Waals surface area contributed by atoms with Crippen LogP contribution in [-0.2, 0) is 0 Å². The third-order valence-corrected chi connectivity index (χ3v) is 4.15. The first-order valence-electron chi connectivity index (χ1n) is 7.05. The van der Waals surface area contributed by atoms with Gasteiger partial charge in [-0.3, -0.25) is 0 Å². The molecule has 0 bridgehead atoms. The van der Waals surface area contributed by atoms with Crippen molar-refractivity contribution in [3.05, 3.63) is 29.8 Å². The van der Waals surface area contributed by atoms with Gasteiger partial charge < -0.3 is 16.0 Å². The quantitative estimate of drug-likeness (QED) is 0.811.